The van der Waals surface area contributed by atoms with Gasteiger partial charge in [-0.25, -0.2) is 4.39 Å². The predicted octanol–water partition coefficient (Wildman–Crippen LogP) is 2.85. The molecule has 0 amide bonds. The van der Waals surface area contributed by atoms with Gasteiger partial charge in [-0.15, -0.1) is 0 Å². The highest BCUT2D eigenvalue weighted by atomic mass is 19.1. The van der Waals surface area contributed by atoms with Crippen LogP contribution in [0.3, 0.4) is 0 Å². The third-order valence-corrected chi connectivity index (χ3v) is 2.96. The summed E-state index contributed by atoms with van der Waals surface area (Å²) in [6.07, 6.45) is 0.492. The second kappa shape index (κ2) is 5.65. The molecule has 2 rings (SSSR count). The molecule has 0 spiro atoms. The van der Waals surface area contributed by atoms with Gasteiger partial charge >= 0.3 is 0 Å². The molecule has 2 nitrogen and oxygen atoms in total. The van der Waals surface area contributed by atoms with Crippen molar-refractivity contribution in [1.29, 1.82) is 0 Å². The Morgan fingerprint density at radius 1 is 1.06 bits per heavy atom. The molecule has 18 heavy (non-hydrogen) atoms. The van der Waals surface area contributed by atoms with E-state index in [-0.39, 0.29) is 24.1 Å². The summed E-state index contributed by atoms with van der Waals surface area (Å²) in [5.41, 5.74) is 1.38. The maximum atomic E-state index is 13.6. The van der Waals surface area contributed by atoms with E-state index in [1.54, 1.807) is 36.4 Å². The number of phenolic OH excluding ortho intramolecular Hbond substituents is 1. The molecule has 2 N–H and O–H groups in total. The molecule has 0 aliphatic rings. The third kappa shape index (κ3) is 2.87. The van der Waals surface area contributed by atoms with Crippen LogP contribution < -0.4 is 0 Å². The van der Waals surface area contributed by atoms with E-state index in [9.17, 15) is 14.6 Å². The van der Waals surface area contributed by atoms with Gasteiger partial charge in [0.1, 0.15) is 11.6 Å². The zero-order valence-corrected chi connectivity index (χ0v) is 9.88. The first kappa shape index (κ1) is 12.6. The van der Waals surface area contributed by atoms with E-state index in [1.807, 2.05) is 6.07 Å². The van der Waals surface area contributed by atoms with Gasteiger partial charge in [0.2, 0.25) is 0 Å². The van der Waals surface area contributed by atoms with Crippen molar-refractivity contribution >= 4 is 0 Å². The van der Waals surface area contributed by atoms with Crippen LogP contribution in [-0.2, 0) is 6.42 Å². The lowest BCUT2D eigenvalue weighted by molar-refractivity contribution is 0.261. The molecule has 0 radical (unpaired) electrons. The second-order valence-corrected chi connectivity index (χ2v) is 4.28. The van der Waals surface area contributed by atoms with Crippen molar-refractivity contribution in [3.05, 3.63) is 65.5 Å². The number of aliphatic hydroxyl groups is 1. The molecule has 94 valence electrons. The number of hydrogen-bond donors (Lipinski definition) is 2. The summed E-state index contributed by atoms with van der Waals surface area (Å²) >= 11 is 0. The summed E-state index contributed by atoms with van der Waals surface area (Å²) in [4.78, 5) is 0. The Balaban J connectivity index is 2.23. The molecule has 0 bridgehead atoms. The molecule has 2 aromatic rings. The van der Waals surface area contributed by atoms with E-state index in [4.69, 9.17) is 0 Å². The SMILES string of the molecule is OCC(Cc1cccc(O)c1)c1ccccc1F. The number of halogens is 1. The van der Waals surface area contributed by atoms with Crippen molar-refractivity contribution in [1.82, 2.24) is 0 Å². The van der Waals surface area contributed by atoms with Crippen LogP contribution >= 0.6 is 0 Å². The highest BCUT2D eigenvalue weighted by molar-refractivity contribution is 5.30. The number of hydrogen-bond acceptors (Lipinski definition) is 2. The summed E-state index contributed by atoms with van der Waals surface area (Å²) in [6, 6.07) is 13.2. The van der Waals surface area contributed by atoms with Crippen molar-refractivity contribution in [2.75, 3.05) is 6.61 Å². The summed E-state index contributed by atoms with van der Waals surface area (Å²) in [5.74, 6) is -0.428. The normalized spacial score (nSPS) is 12.3. The van der Waals surface area contributed by atoms with Crippen LogP contribution in [0.1, 0.15) is 17.0 Å². The first-order valence-corrected chi connectivity index (χ1v) is 5.84. The quantitative estimate of drug-likeness (QED) is 0.870. The fraction of sp³-hybridized carbons (Fsp3) is 0.200. The predicted molar refractivity (Wildman–Crippen MR) is 68.0 cm³/mol. The van der Waals surface area contributed by atoms with Gasteiger partial charge in [-0.1, -0.05) is 30.3 Å². The first-order valence-electron chi connectivity index (χ1n) is 5.84. The van der Waals surface area contributed by atoms with Gasteiger partial charge in [-0.2, -0.15) is 0 Å². The van der Waals surface area contributed by atoms with E-state index in [2.05, 4.69) is 0 Å². The van der Waals surface area contributed by atoms with Gasteiger partial charge in [0.15, 0.2) is 0 Å². The van der Waals surface area contributed by atoms with Gasteiger partial charge in [0, 0.05) is 5.92 Å². The summed E-state index contributed by atoms with van der Waals surface area (Å²) in [6.45, 7) is -0.128. The van der Waals surface area contributed by atoms with Gasteiger partial charge in [0.25, 0.3) is 0 Å². The van der Waals surface area contributed by atoms with Gasteiger partial charge in [-0.05, 0) is 35.7 Å². The topological polar surface area (TPSA) is 40.5 Å². The van der Waals surface area contributed by atoms with Crippen molar-refractivity contribution in [2.45, 2.75) is 12.3 Å². The lowest BCUT2D eigenvalue weighted by Gasteiger charge is -2.15. The van der Waals surface area contributed by atoms with E-state index in [1.165, 1.54) is 6.07 Å². The Labute approximate surface area is 105 Å². The molecule has 0 aliphatic heterocycles. The minimum absolute atomic E-state index is 0.128. The van der Waals surface area contributed by atoms with Crippen LogP contribution in [0.2, 0.25) is 0 Å². The van der Waals surface area contributed by atoms with Crippen LogP contribution in [0.25, 0.3) is 0 Å². The van der Waals surface area contributed by atoms with Crippen LogP contribution in [-0.4, -0.2) is 16.8 Å². The van der Waals surface area contributed by atoms with E-state index < -0.39 is 0 Å². The molecule has 0 aliphatic carbocycles. The second-order valence-electron chi connectivity index (χ2n) is 4.28. The third-order valence-electron chi connectivity index (χ3n) is 2.96. The molecule has 0 heterocycles. The van der Waals surface area contributed by atoms with Crippen LogP contribution in [0.5, 0.6) is 5.75 Å². The van der Waals surface area contributed by atoms with Crippen molar-refractivity contribution in [3.63, 3.8) is 0 Å². The number of aliphatic hydroxyl groups excluding tert-OH is 1. The zero-order chi connectivity index (χ0) is 13.0. The lowest BCUT2D eigenvalue weighted by Crippen LogP contribution is -2.09. The first-order chi connectivity index (χ1) is 8.70. The fourth-order valence-electron chi connectivity index (χ4n) is 2.05. The van der Waals surface area contributed by atoms with Crippen LogP contribution in [0, 0.1) is 5.82 Å². The van der Waals surface area contributed by atoms with Gasteiger partial charge in [-0.3, -0.25) is 0 Å². The lowest BCUT2D eigenvalue weighted by atomic mass is 9.92. The van der Waals surface area contributed by atoms with E-state index in [0.29, 0.717) is 12.0 Å². The Morgan fingerprint density at radius 3 is 2.50 bits per heavy atom. The molecular formula is C15H15FO2. The zero-order valence-electron chi connectivity index (χ0n) is 9.88. The number of benzene rings is 2. The Kier molecular flexibility index (Phi) is 3.95. The smallest absolute Gasteiger partial charge is 0.126 e. The van der Waals surface area contributed by atoms with Gasteiger partial charge in [0.05, 0.1) is 6.61 Å². The fourth-order valence-corrected chi connectivity index (χ4v) is 2.05. The van der Waals surface area contributed by atoms with Crippen molar-refractivity contribution < 1.29 is 14.6 Å². The summed E-state index contributed by atoms with van der Waals surface area (Å²) < 4.78 is 13.6. The van der Waals surface area contributed by atoms with Crippen LogP contribution in [0.4, 0.5) is 4.39 Å². The molecule has 0 saturated carbocycles. The molecular weight excluding hydrogens is 231 g/mol. The number of aromatic hydroxyl groups is 1. The Morgan fingerprint density at radius 2 is 1.83 bits per heavy atom. The molecule has 0 aromatic heterocycles. The maximum Gasteiger partial charge on any atom is 0.126 e. The highest BCUT2D eigenvalue weighted by Gasteiger charge is 2.15. The number of rotatable bonds is 4. The minimum Gasteiger partial charge on any atom is -0.508 e. The molecule has 0 fully saturated rings. The molecule has 0 saturated heterocycles. The summed E-state index contributed by atoms with van der Waals surface area (Å²) in [5, 5.41) is 18.8. The minimum atomic E-state index is -0.309. The summed E-state index contributed by atoms with van der Waals surface area (Å²) in [7, 11) is 0. The van der Waals surface area contributed by atoms with Crippen molar-refractivity contribution in [2.24, 2.45) is 0 Å². The largest absolute Gasteiger partial charge is 0.508 e. The highest BCUT2D eigenvalue weighted by Crippen LogP contribution is 2.24. The Hall–Kier alpha value is -1.87. The van der Waals surface area contributed by atoms with Crippen molar-refractivity contribution in [3.8, 4) is 5.75 Å². The molecule has 1 unspecified atom stereocenters. The average molecular weight is 246 g/mol. The monoisotopic (exact) mass is 246 g/mol. The number of phenols is 1. The molecule has 1 atom stereocenters. The molecule has 3 heteroatoms. The van der Waals surface area contributed by atoms with E-state index >= 15 is 0 Å². The standard InChI is InChI=1S/C15H15FO2/c16-15-7-2-1-6-14(15)12(10-17)8-11-4-3-5-13(18)9-11/h1-7,9,12,17-18H,8,10H2. The van der Waals surface area contributed by atoms with Crippen LogP contribution in [0.15, 0.2) is 48.5 Å². The van der Waals surface area contributed by atoms with E-state index in [0.717, 1.165) is 5.56 Å². The Bertz CT molecular complexity index is 525. The maximum absolute atomic E-state index is 13.6. The van der Waals surface area contributed by atoms with Gasteiger partial charge < -0.3 is 10.2 Å². The average Bonchev–Trinajstić information content (AvgIpc) is 2.37. The molecule has 2 aromatic carbocycles.